The Bertz CT molecular complexity index is 84.5. The van der Waals surface area contributed by atoms with Gasteiger partial charge in [-0.05, 0) is 25.7 Å². The molecule has 3 nitrogen and oxygen atoms in total. The molecule has 3 heteroatoms. The van der Waals surface area contributed by atoms with Crippen molar-refractivity contribution in [2.24, 2.45) is 0 Å². The summed E-state index contributed by atoms with van der Waals surface area (Å²) in [5, 5.41) is 10.1. The third-order valence-corrected chi connectivity index (χ3v) is 1.90. The van der Waals surface area contributed by atoms with Crippen LogP contribution in [0.2, 0.25) is 0 Å². The fourth-order valence-corrected chi connectivity index (χ4v) is 1.02. The first-order chi connectivity index (χ1) is 6.91. The highest BCUT2D eigenvalue weighted by Gasteiger charge is 1.91. The van der Waals surface area contributed by atoms with E-state index in [-0.39, 0.29) is 6.61 Å². The van der Waals surface area contributed by atoms with Gasteiger partial charge in [0.15, 0.2) is 0 Å². The molecule has 0 amide bonds. The van der Waals surface area contributed by atoms with Crippen molar-refractivity contribution in [2.75, 3.05) is 33.0 Å². The van der Waals surface area contributed by atoms with Gasteiger partial charge in [-0.15, -0.1) is 0 Å². The molecule has 0 unspecified atom stereocenters. The van der Waals surface area contributed by atoms with Crippen molar-refractivity contribution in [1.82, 2.24) is 0 Å². The fourth-order valence-electron chi connectivity index (χ4n) is 1.02. The summed E-state index contributed by atoms with van der Waals surface area (Å²) in [6.07, 6.45) is 5.07. The normalized spacial score (nSPS) is 10.7. The molecule has 0 bridgehead atoms. The van der Waals surface area contributed by atoms with Crippen LogP contribution in [-0.4, -0.2) is 33.0 Å². The Balaban J connectivity index is 2.78. The SMILES string of the molecule is CCCCOCCCCOCCC[O]. The molecule has 0 rings (SSSR count). The van der Waals surface area contributed by atoms with Gasteiger partial charge in [-0.3, -0.25) is 0 Å². The molecule has 0 spiro atoms. The molecule has 0 saturated carbocycles. The lowest BCUT2D eigenvalue weighted by atomic mass is 10.3. The summed E-state index contributed by atoms with van der Waals surface area (Å²) in [5.74, 6) is 0. The molecule has 1 radical (unpaired) electrons. The third kappa shape index (κ3) is 11.9. The average molecular weight is 203 g/mol. The average Bonchev–Trinajstić information content (AvgIpc) is 2.21. The van der Waals surface area contributed by atoms with Crippen LogP contribution >= 0.6 is 0 Å². The van der Waals surface area contributed by atoms with E-state index in [9.17, 15) is 5.11 Å². The smallest absolute Gasteiger partial charge is 0.0844 e. The van der Waals surface area contributed by atoms with E-state index in [0.29, 0.717) is 13.0 Å². The predicted molar refractivity (Wildman–Crippen MR) is 56.0 cm³/mol. The zero-order valence-electron chi connectivity index (χ0n) is 9.30. The van der Waals surface area contributed by atoms with Crippen LogP contribution in [0.15, 0.2) is 0 Å². The van der Waals surface area contributed by atoms with Gasteiger partial charge in [0.25, 0.3) is 0 Å². The lowest BCUT2D eigenvalue weighted by Gasteiger charge is -2.04. The van der Waals surface area contributed by atoms with Gasteiger partial charge in [0, 0.05) is 26.4 Å². The van der Waals surface area contributed by atoms with Crippen molar-refractivity contribution >= 4 is 0 Å². The summed E-state index contributed by atoms with van der Waals surface area (Å²) >= 11 is 0. The van der Waals surface area contributed by atoms with Crippen molar-refractivity contribution in [3.63, 3.8) is 0 Å². The Morgan fingerprint density at radius 3 is 1.79 bits per heavy atom. The van der Waals surface area contributed by atoms with Crippen LogP contribution in [0.25, 0.3) is 0 Å². The van der Waals surface area contributed by atoms with E-state index < -0.39 is 0 Å². The van der Waals surface area contributed by atoms with E-state index in [0.717, 1.165) is 39.1 Å². The summed E-state index contributed by atoms with van der Waals surface area (Å²) < 4.78 is 10.6. The highest BCUT2D eigenvalue weighted by molar-refractivity contribution is 4.40. The van der Waals surface area contributed by atoms with E-state index in [1.807, 2.05) is 0 Å². The van der Waals surface area contributed by atoms with Crippen LogP contribution in [0, 0.1) is 0 Å². The van der Waals surface area contributed by atoms with Crippen molar-refractivity contribution in [2.45, 2.75) is 39.0 Å². The van der Waals surface area contributed by atoms with Crippen molar-refractivity contribution in [3.8, 4) is 0 Å². The lowest BCUT2D eigenvalue weighted by Crippen LogP contribution is -2.01. The molecule has 0 heterocycles. The van der Waals surface area contributed by atoms with Crippen molar-refractivity contribution in [3.05, 3.63) is 0 Å². The van der Waals surface area contributed by atoms with E-state index in [4.69, 9.17) is 9.47 Å². The summed E-state index contributed by atoms with van der Waals surface area (Å²) in [6.45, 7) is 5.23. The number of ether oxygens (including phenoxy) is 2. The number of hydrogen-bond acceptors (Lipinski definition) is 2. The van der Waals surface area contributed by atoms with Gasteiger partial charge < -0.3 is 9.47 Å². The summed E-state index contributed by atoms with van der Waals surface area (Å²) in [6, 6.07) is 0. The standard InChI is InChI=1S/C11H23O3/c1-2-3-8-13-9-4-5-10-14-11-6-7-12/h2-11H2,1H3. The van der Waals surface area contributed by atoms with Gasteiger partial charge in [0.05, 0.1) is 6.61 Å². The minimum atomic E-state index is -0.0276. The third-order valence-electron chi connectivity index (χ3n) is 1.90. The molecule has 0 N–H and O–H groups in total. The minimum absolute atomic E-state index is 0.0276. The Hall–Kier alpha value is -0.120. The maximum atomic E-state index is 10.1. The van der Waals surface area contributed by atoms with Gasteiger partial charge >= 0.3 is 0 Å². The Morgan fingerprint density at radius 1 is 0.786 bits per heavy atom. The topological polar surface area (TPSA) is 38.4 Å². The monoisotopic (exact) mass is 203 g/mol. The molecule has 0 aliphatic rings. The minimum Gasteiger partial charge on any atom is -0.381 e. The molecule has 0 aromatic rings. The summed E-state index contributed by atoms with van der Waals surface area (Å²) in [4.78, 5) is 0. The van der Waals surface area contributed by atoms with Gasteiger partial charge in [-0.2, -0.15) is 0 Å². The molecule has 0 fully saturated rings. The second-order valence-corrected chi connectivity index (χ2v) is 3.34. The highest BCUT2D eigenvalue weighted by atomic mass is 16.5. The van der Waals surface area contributed by atoms with Crippen molar-refractivity contribution < 1.29 is 14.6 Å². The molecular formula is C11H23O3. The van der Waals surface area contributed by atoms with Crippen LogP contribution in [-0.2, 0) is 14.6 Å². The Morgan fingerprint density at radius 2 is 1.29 bits per heavy atom. The zero-order chi connectivity index (χ0) is 10.5. The molecule has 0 saturated heterocycles. The van der Waals surface area contributed by atoms with Gasteiger partial charge in [-0.1, -0.05) is 13.3 Å². The Labute approximate surface area is 87.4 Å². The molecule has 0 atom stereocenters. The molecular weight excluding hydrogens is 180 g/mol. The maximum Gasteiger partial charge on any atom is 0.0844 e. The second-order valence-electron chi connectivity index (χ2n) is 3.34. The highest BCUT2D eigenvalue weighted by Crippen LogP contribution is 1.94. The predicted octanol–water partition coefficient (Wildman–Crippen LogP) is 2.42. The zero-order valence-corrected chi connectivity index (χ0v) is 9.30. The summed E-state index contributed by atoms with van der Waals surface area (Å²) in [5.41, 5.74) is 0. The molecule has 85 valence electrons. The molecule has 0 aromatic carbocycles. The number of rotatable bonds is 11. The van der Waals surface area contributed by atoms with Crippen LogP contribution in [0.1, 0.15) is 39.0 Å². The van der Waals surface area contributed by atoms with E-state index in [2.05, 4.69) is 6.92 Å². The van der Waals surface area contributed by atoms with Crippen molar-refractivity contribution in [1.29, 1.82) is 0 Å². The Kier molecular flexibility index (Phi) is 12.8. The molecule has 0 aliphatic carbocycles. The van der Waals surface area contributed by atoms with Crippen LogP contribution < -0.4 is 0 Å². The number of hydrogen-bond donors (Lipinski definition) is 0. The fraction of sp³-hybridized carbons (Fsp3) is 1.00. The lowest BCUT2D eigenvalue weighted by molar-refractivity contribution is 0.0849. The molecule has 0 aromatic heterocycles. The van der Waals surface area contributed by atoms with E-state index in [1.165, 1.54) is 6.42 Å². The van der Waals surface area contributed by atoms with Crippen LogP contribution in [0.4, 0.5) is 0 Å². The molecule has 0 aliphatic heterocycles. The second kappa shape index (κ2) is 12.9. The van der Waals surface area contributed by atoms with Crippen LogP contribution in [0.5, 0.6) is 0 Å². The quantitative estimate of drug-likeness (QED) is 0.484. The largest absolute Gasteiger partial charge is 0.381 e. The number of unbranched alkanes of at least 4 members (excludes halogenated alkanes) is 2. The first-order valence-electron chi connectivity index (χ1n) is 5.65. The summed E-state index contributed by atoms with van der Waals surface area (Å²) in [7, 11) is 0. The van der Waals surface area contributed by atoms with Crippen LogP contribution in [0.3, 0.4) is 0 Å². The maximum absolute atomic E-state index is 10.1. The van der Waals surface area contributed by atoms with E-state index in [1.54, 1.807) is 0 Å². The van der Waals surface area contributed by atoms with E-state index >= 15 is 0 Å². The first-order valence-corrected chi connectivity index (χ1v) is 5.65. The van der Waals surface area contributed by atoms with Gasteiger partial charge in [0.2, 0.25) is 0 Å². The van der Waals surface area contributed by atoms with Gasteiger partial charge in [0.1, 0.15) is 0 Å². The van der Waals surface area contributed by atoms with Gasteiger partial charge in [-0.25, -0.2) is 5.11 Å². The molecule has 14 heavy (non-hydrogen) atoms. The first kappa shape index (κ1) is 13.9.